The van der Waals surface area contributed by atoms with Gasteiger partial charge in [0.1, 0.15) is 22.6 Å². The summed E-state index contributed by atoms with van der Waals surface area (Å²) >= 11 is 0. The maximum atomic E-state index is 13.0. The van der Waals surface area contributed by atoms with Gasteiger partial charge in [0.2, 0.25) is 23.7 Å². The lowest BCUT2D eigenvalue weighted by Gasteiger charge is -2.14. The van der Waals surface area contributed by atoms with Crippen molar-refractivity contribution in [3.05, 3.63) is 72.1 Å². The molecule has 51 heavy (non-hydrogen) atoms. The largest absolute Gasteiger partial charge is 0.493 e. The molecule has 0 amide bonds. The van der Waals surface area contributed by atoms with Crippen LogP contribution in [0.25, 0.3) is 0 Å². The lowest BCUT2D eigenvalue weighted by Crippen LogP contribution is -2.12. The Kier molecular flexibility index (Phi) is 14.9. The van der Waals surface area contributed by atoms with Gasteiger partial charge >= 0.3 is 12.4 Å². The Morgan fingerprint density at radius 2 is 0.980 bits per heavy atom. The third-order valence-corrected chi connectivity index (χ3v) is 6.23. The first-order valence-corrected chi connectivity index (χ1v) is 16.2. The normalized spacial score (nSPS) is 11.5. The molecule has 0 spiro atoms. The summed E-state index contributed by atoms with van der Waals surface area (Å²) in [5, 5.41) is 5.71. The van der Waals surface area contributed by atoms with Gasteiger partial charge in [-0.3, -0.25) is 0 Å². The summed E-state index contributed by atoms with van der Waals surface area (Å²) in [6.07, 6.45) is -7.14. The quantitative estimate of drug-likeness (QED) is 0.115. The first kappa shape index (κ1) is 40.4. The maximum absolute atomic E-state index is 13.0. The average molecular weight is 725 g/mol. The summed E-state index contributed by atoms with van der Waals surface area (Å²) in [4.78, 5) is 15.1. The second-order valence-electron chi connectivity index (χ2n) is 11.8. The molecule has 4 rings (SSSR count). The van der Waals surface area contributed by atoms with Crippen LogP contribution in [0.5, 0.6) is 23.3 Å². The summed E-state index contributed by atoms with van der Waals surface area (Å²) in [7, 11) is 0. The van der Waals surface area contributed by atoms with Crippen LogP contribution in [0, 0.1) is 11.8 Å². The summed E-state index contributed by atoms with van der Waals surface area (Å²) in [5.41, 5.74) is -0.742. The van der Waals surface area contributed by atoms with Gasteiger partial charge in [0.25, 0.3) is 0 Å². The van der Waals surface area contributed by atoms with Crippen LogP contribution in [-0.4, -0.2) is 46.4 Å². The highest BCUT2D eigenvalue weighted by Crippen LogP contribution is 2.36. The van der Waals surface area contributed by atoms with Gasteiger partial charge in [-0.05, 0) is 73.7 Å². The molecule has 2 N–H and O–H groups in total. The topological polar surface area (TPSA) is 113 Å². The zero-order chi connectivity index (χ0) is 37.6. The molecular weight excluding hydrogens is 682 g/mol. The highest BCUT2D eigenvalue weighted by atomic mass is 19.4. The number of aromatic nitrogens is 4. The van der Waals surface area contributed by atoms with Gasteiger partial charge in [-0.25, -0.2) is 9.97 Å². The van der Waals surface area contributed by atoms with Gasteiger partial charge < -0.3 is 29.6 Å². The molecule has 2 aromatic heterocycles. The number of ether oxygens (including phenoxy) is 4. The molecule has 0 saturated carbocycles. The van der Waals surface area contributed by atoms with Crippen LogP contribution in [0.15, 0.2) is 60.9 Å². The molecule has 0 radical (unpaired) electrons. The van der Waals surface area contributed by atoms with E-state index in [-0.39, 0.29) is 25.1 Å². The lowest BCUT2D eigenvalue weighted by atomic mass is 10.2. The minimum absolute atomic E-state index is 0.0206. The van der Waals surface area contributed by atoms with E-state index in [1.165, 1.54) is 0 Å². The Bertz CT molecular complexity index is 1640. The van der Waals surface area contributed by atoms with Gasteiger partial charge in [0, 0.05) is 23.8 Å². The van der Waals surface area contributed by atoms with E-state index >= 15 is 0 Å². The standard InChI is InChI=1S/C18H22F3N3O2.C17H20F3N3O2/c1-4-9-25-16-15(18(19,20)21)10-22-17(24-16)23-13-5-7-14(8-6-13)26-11-12(2)3;1-4-24-15-14(17(18,19)20)9-21-16(23-15)22-12-5-7-13(8-6-12)25-10-11(2)3/h5-8,10,12H,4,9,11H2,1-3H3,(H,22,23,24);5-9,11H,4,10H2,1-3H3,(H,21,22,23). The van der Waals surface area contributed by atoms with Crippen molar-refractivity contribution >= 4 is 23.3 Å². The molecule has 2 aromatic carbocycles. The van der Waals surface area contributed by atoms with Crippen molar-refractivity contribution in [2.75, 3.05) is 37.1 Å². The Labute approximate surface area is 293 Å². The first-order chi connectivity index (χ1) is 24.1. The number of rotatable bonds is 15. The molecule has 0 fully saturated rings. The minimum atomic E-state index is -4.57. The fourth-order valence-corrected chi connectivity index (χ4v) is 3.85. The second-order valence-corrected chi connectivity index (χ2v) is 11.8. The van der Waals surface area contributed by atoms with E-state index in [4.69, 9.17) is 18.9 Å². The molecular formula is C35H42F6N6O4. The number of anilines is 4. The van der Waals surface area contributed by atoms with E-state index < -0.39 is 35.2 Å². The highest BCUT2D eigenvalue weighted by Gasteiger charge is 2.37. The lowest BCUT2D eigenvalue weighted by molar-refractivity contribution is -0.140. The minimum Gasteiger partial charge on any atom is -0.493 e. The van der Waals surface area contributed by atoms with Crippen molar-refractivity contribution in [1.29, 1.82) is 0 Å². The van der Waals surface area contributed by atoms with Crippen molar-refractivity contribution in [3.8, 4) is 23.3 Å². The zero-order valence-corrected chi connectivity index (χ0v) is 29.2. The first-order valence-electron chi connectivity index (χ1n) is 16.2. The number of halogens is 6. The number of nitrogens with one attached hydrogen (secondary N) is 2. The van der Waals surface area contributed by atoms with Crippen LogP contribution < -0.4 is 29.6 Å². The SMILES string of the molecule is CCCOc1nc(Nc2ccc(OCC(C)C)cc2)ncc1C(F)(F)F.CCOc1nc(Nc2ccc(OCC(C)C)cc2)ncc1C(F)(F)F. The Morgan fingerprint density at radius 1 is 0.588 bits per heavy atom. The van der Waals surface area contributed by atoms with Crippen LogP contribution in [0.2, 0.25) is 0 Å². The van der Waals surface area contributed by atoms with Crippen molar-refractivity contribution in [3.63, 3.8) is 0 Å². The van der Waals surface area contributed by atoms with Gasteiger partial charge in [-0.15, -0.1) is 0 Å². The number of nitrogens with zero attached hydrogens (tertiary/aromatic N) is 4. The summed E-state index contributed by atoms with van der Waals surface area (Å²) in [5.74, 6) is 1.32. The monoisotopic (exact) mass is 724 g/mol. The van der Waals surface area contributed by atoms with Crippen LogP contribution in [0.4, 0.5) is 49.6 Å². The van der Waals surface area contributed by atoms with Crippen LogP contribution in [0.1, 0.15) is 59.1 Å². The molecule has 0 unspecified atom stereocenters. The van der Waals surface area contributed by atoms with E-state index in [0.29, 0.717) is 60.5 Å². The van der Waals surface area contributed by atoms with E-state index in [2.05, 4.69) is 44.4 Å². The number of hydrogen-bond acceptors (Lipinski definition) is 10. The molecule has 0 bridgehead atoms. The summed E-state index contributed by atoms with van der Waals surface area (Å²) in [6.45, 7) is 13.0. The Balaban J connectivity index is 0.000000276. The Morgan fingerprint density at radius 3 is 1.31 bits per heavy atom. The predicted molar refractivity (Wildman–Crippen MR) is 181 cm³/mol. The smallest absolute Gasteiger partial charge is 0.423 e. The van der Waals surface area contributed by atoms with Crippen molar-refractivity contribution in [2.24, 2.45) is 11.8 Å². The molecule has 0 aliphatic rings. The highest BCUT2D eigenvalue weighted by molar-refractivity contribution is 5.56. The van der Waals surface area contributed by atoms with Crippen molar-refractivity contribution in [2.45, 2.75) is 60.3 Å². The maximum Gasteiger partial charge on any atom is 0.423 e. The zero-order valence-electron chi connectivity index (χ0n) is 29.2. The predicted octanol–water partition coefficient (Wildman–Crippen LogP) is 9.74. The fourth-order valence-electron chi connectivity index (χ4n) is 3.85. The van der Waals surface area contributed by atoms with Crippen LogP contribution in [0.3, 0.4) is 0 Å². The molecule has 0 atom stereocenters. The van der Waals surface area contributed by atoms with Gasteiger partial charge in [0.15, 0.2) is 0 Å². The molecule has 10 nitrogen and oxygen atoms in total. The Hall–Kier alpha value is -5.02. The fraction of sp³-hybridized carbons (Fsp3) is 0.429. The van der Waals surface area contributed by atoms with Gasteiger partial charge in [-0.1, -0.05) is 34.6 Å². The molecule has 2 heterocycles. The molecule has 4 aromatic rings. The molecule has 0 saturated heterocycles. The number of benzene rings is 2. The van der Waals surface area contributed by atoms with E-state index in [9.17, 15) is 26.3 Å². The summed E-state index contributed by atoms with van der Waals surface area (Å²) in [6, 6.07) is 14.0. The average Bonchev–Trinajstić information content (AvgIpc) is 3.06. The molecule has 16 heteroatoms. The molecule has 278 valence electrons. The van der Waals surface area contributed by atoms with Gasteiger partial charge in [0.05, 0.1) is 26.4 Å². The molecule has 0 aliphatic heterocycles. The van der Waals surface area contributed by atoms with Gasteiger partial charge in [-0.2, -0.15) is 36.3 Å². The second kappa shape index (κ2) is 18.8. The third kappa shape index (κ3) is 13.7. The van der Waals surface area contributed by atoms with Crippen LogP contribution in [-0.2, 0) is 12.4 Å². The number of hydrogen-bond donors (Lipinski definition) is 2. The van der Waals surface area contributed by atoms with Crippen molar-refractivity contribution in [1.82, 2.24) is 19.9 Å². The van der Waals surface area contributed by atoms with E-state index in [0.717, 1.165) is 6.20 Å². The van der Waals surface area contributed by atoms with Crippen molar-refractivity contribution < 1.29 is 45.3 Å². The summed E-state index contributed by atoms with van der Waals surface area (Å²) < 4.78 is 99.0. The number of alkyl halides is 6. The third-order valence-electron chi connectivity index (χ3n) is 6.23. The van der Waals surface area contributed by atoms with E-state index in [1.54, 1.807) is 62.4 Å². The van der Waals surface area contributed by atoms with E-state index in [1.807, 2.05) is 13.8 Å². The van der Waals surface area contributed by atoms with Crippen LogP contribution >= 0.6 is 0 Å². The molecule has 0 aliphatic carbocycles.